The first kappa shape index (κ1) is 22.6. The van der Waals surface area contributed by atoms with Gasteiger partial charge < -0.3 is 14.8 Å². The highest BCUT2D eigenvalue weighted by Crippen LogP contribution is 2.15. The van der Waals surface area contributed by atoms with Crippen molar-refractivity contribution in [2.75, 3.05) is 31.4 Å². The topological polar surface area (TPSA) is 98.8 Å². The van der Waals surface area contributed by atoms with Crippen molar-refractivity contribution in [3.05, 3.63) is 59.7 Å². The molecule has 0 atom stereocenters. The molecule has 0 unspecified atom stereocenters. The van der Waals surface area contributed by atoms with Crippen LogP contribution in [-0.2, 0) is 19.3 Å². The standard InChI is InChI=1S/C21H25NO6S/c1-3-4-13-28-21(24)17-5-9-18(10-6-17)22-20(23)16-7-11-19(12-8-16)29(25,26)15-14-27-2/h5-12H,3-4,13-15H2,1-2H3,(H,22,23). The minimum Gasteiger partial charge on any atom is -0.462 e. The predicted molar refractivity (Wildman–Crippen MR) is 110 cm³/mol. The van der Waals surface area contributed by atoms with E-state index in [9.17, 15) is 18.0 Å². The van der Waals surface area contributed by atoms with Gasteiger partial charge in [-0.2, -0.15) is 0 Å². The van der Waals surface area contributed by atoms with E-state index in [0.29, 0.717) is 23.4 Å². The summed E-state index contributed by atoms with van der Waals surface area (Å²) >= 11 is 0. The summed E-state index contributed by atoms with van der Waals surface area (Å²) in [6, 6.07) is 12.1. The van der Waals surface area contributed by atoms with Crippen LogP contribution in [-0.4, -0.2) is 46.4 Å². The number of esters is 1. The molecule has 0 aliphatic carbocycles. The Labute approximate surface area is 170 Å². The summed E-state index contributed by atoms with van der Waals surface area (Å²) in [4.78, 5) is 24.4. The second kappa shape index (κ2) is 10.7. The number of methoxy groups -OCH3 is 1. The first-order chi connectivity index (χ1) is 13.9. The van der Waals surface area contributed by atoms with Gasteiger partial charge in [-0.25, -0.2) is 13.2 Å². The van der Waals surface area contributed by atoms with Gasteiger partial charge in [0.05, 0.1) is 29.4 Å². The van der Waals surface area contributed by atoms with E-state index < -0.39 is 15.8 Å². The van der Waals surface area contributed by atoms with Crippen LogP contribution in [0.15, 0.2) is 53.4 Å². The quantitative estimate of drug-likeness (QED) is 0.469. The first-order valence-corrected chi connectivity index (χ1v) is 10.9. The molecule has 1 amide bonds. The van der Waals surface area contributed by atoms with Gasteiger partial charge >= 0.3 is 5.97 Å². The van der Waals surface area contributed by atoms with Crippen LogP contribution < -0.4 is 5.32 Å². The van der Waals surface area contributed by atoms with Crippen molar-refractivity contribution in [3.8, 4) is 0 Å². The second-order valence-corrected chi connectivity index (χ2v) is 8.47. The van der Waals surface area contributed by atoms with Gasteiger partial charge in [-0.1, -0.05) is 13.3 Å². The summed E-state index contributed by atoms with van der Waals surface area (Å²) in [5.41, 5.74) is 1.24. The van der Waals surface area contributed by atoms with Crippen molar-refractivity contribution >= 4 is 27.4 Å². The fourth-order valence-electron chi connectivity index (χ4n) is 2.41. The maximum Gasteiger partial charge on any atom is 0.338 e. The number of hydrogen-bond acceptors (Lipinski definition) is 6. The third kappa shape index (κ3) is 6.69. The third-order valence-electron chi connectivity index (χ3n) is 4.14. The Balaban J connectivity index is 1.98. The smallest absolute Gasteiger partial charge is 0.338 e. The number of sulfone groups is 1. The molecule has 2 rings (SSSR count). The minimum absolute atomic E-state index is 0.104. The largest absolute Gasteiger partial charge is 0.462 e. The van der Waals surface area contributed by atoms with Crippen molar-refractivity contribution in [2.45, 2.75) is 24.7 Å². The molecule has 2 aromatic rings. The molecule has 0 saturated carbocycles. The molecule has 0 heterocycles. The summed E-state index contributed by atoms with van der Waals surface area (Å²) in [6.07, 6.45) is 1.75. The maximum absolute atomic E-state index is 12.4. The molecule has 156 valence electrons. The zero-order valence-corrected chi connectivity index (χ0v) is 17.3. The fraction of sp³-hybridized carbons (Fsp3) is 0.333. The molecule has 0 aromatic heterocycles. The molecule has 7 nitrogen and oxygen atoms in total. The number of carbonyl (C=O) groups is 2. The van der Waals surface area contributed by atoms with E-state index >= 15 is 0 Å². The average Bonchev–Trinajstić information content (AvgIpc) is 2.73. The van der Waals surface area contributed by atoms with E-state index in [4.69, 9.17) is 9.47 Å². The summed E-state index contributed by atoms with van der Waals surface area (Å²) in [7, 11) is -2.01. The van der Waals surface area contributed by atoms with Crippen LogP contribution in [0.2, 0.25) is 0 Å². The fourth-order valence-corrected chi connectivity index (χ4v) is 3.58. The zero-order chi connectivity index (χ0) is 21.3. The Hall–Kier alpha value is -2.71. The molecule has 0 fully saturated rings. The zero-order valence-electron chi connectivity index (χ0n) is 16.5. The lowest BCUT2D eigenvalue weighted by Crippen LogP contribution is -2.14. The summed E-state index contributed by atoms with van der Waals surface area (Å²) < 4.78 is 34.2. The second-order valence-electron chi connectivity index (χ2n) is 6.36. The number of benzene rings is 2. The van der Waals surface area contributed by atoms with Gasteiger partial charge in [0.1, 0.15) is 0 Å². The van der Waals surface area contributed by atoms with E-state index in [2.05, 4.69) is 5.32 Å². The molecule has 1 N–H and O–H groups in total. The van der Waals surface area contributed by atoms with Crippen LogP contribution in [0, 0.1) is 0 Å². The van der Waals surface area contributed by atoms with E-state index in [1.165, 1.54) is 31.4 Å². The Morgan fingerprint density at radius 2 is 1.55 bits per heavy atom. The monoisotopic (exact) mass is 419 g/mol. The van der Waals surface area contributed by atoms with E-state index in [-0.39, 0.29) is 23.2 Å². The number of amides is 1. The number of ether oxygens (including phenoxy) is 2. The van der Waals surface area contributed by atoms with Gasteiger partial charge in [-0.05, 0) is 55.0 Å². The van der Waals surface area contributed by atoms with E-state index in [1.807, 2.05) is 6.92 Å². The SMILES string of the molecule is CCCCOC(=O)c1ccc(NC(=O)c2ccc(S(=O)(=O)CCOC)cc2)cc1. The number of nitrogens with one attached hydrogen (secondary N) is 1. The maximum atomic E-state index is 12.4. The molecule has 0 radical (unpaired) electrons. The number of rotatable bonds is 10. The highest BCUT2D eigenvalue weighted by molar-refractivity contribution is 7.91. The lowest BCUT2D eigenvalue weighted by Gasteiger charge is -2.08. The molecule has 8 heteroatoms. The number of hydrogen-bond donors (Lipinski definition) is 1. The van der Waals surface area contributed by atoms with Crippen molar-refractivity contribution in [3.63, 3.8) is 0 Å². The van der Waals surface area contributed by atoms with Gasteiger partial charge in [0.25, 0.3) is 5.91 Å². The number of carbonyl (C=O) groups excluding carboxylic acids is 2. The molecule has 0 bridgehead atoms. The summed E-state index contributed by atoms with van der Waals surface area (Å²) in [5, 5.41) is 2.71. The van der Waals surface area contributed by atoms with Crippen LogP contribution >= 0.6 is 0 Å². The molecule has 0 aliphatic rings. The van der Waals surface area contributed by atoms with Gasteiger partial charge in [-0.3, -0.25) is 4.79 Å². The predicted octanol–water partition coefficient (Wildman–Crippen LogP) is 3.32. The molecule has 2 aromatic carbocycles. The van der Waals surface area contributed by atoms with Crippen LogP contribution in [0.4, 0.5) is 5.69 Å². The Kier molecular flexibility index (Phi) is 8.35. The van der Waals surface area contributed by atoms with Crippen molar-refractivity contribution in [1.29, 1.82) is 0 Å². The number of unbranched alkanes of at least 4 members (excludes halogenated alkanes) is 1. The minimum atomic E-state index is -3.45. The van der Waals surface area contributed by atoms with Gasteiger partial charge in [0.2, 0.25) is 0 Å². The van der Waals surface area contributed by atoms with E-state index in [0.717, 1.165) is 12.8 Å². The summed E-state index contributed by atoms with van der Waals surface area (Å²) in [5.74, 6) is -0.909. The lowest BCUT2D eigenvalue weighted by atomic mass is 10.2. The Morgan fingerprint density at radius 1 is 0.931 bits per heavy atom. The van der Waals surface area contributed by atoms with Gasteiger partial charge in [-0.15, -0.1) is 0 Å². The Bertz CT molecular complexity index is 921. The van der Waals surface area contributed by atoms with Crippen molar-refractivity contribution in [1.82, 2.24) is 0 Å². The van der Waals surface area contributed by atoms with Crippen LogP contribution in [0.5, 0.6) is 0 Å². The van der Waals surface area contributed by atoms with Crippen molar-refractivity contribution in [2.24, 2.45) is 0 Å². The van der Waals surface area contributed by atoms with Crippen LogP contribution in [0.3, 0.4) is 0 Å². The molecular formula is C21H25NO6S. The van der Waals surface area contributed by atoms with Crippen molar-refractivity contribution < 1.29 is 27.5 Å². The molecule has 0 spiro atoms. The average molecular weight is 419 g/mol. The first-order valence-electron chi connectivity index (χ1n) is 9.27. The number of anilines is 1. The van der Waals surface area contributed by atoms with Gasteiger partial charge in [0, 0.05) is 18.4 Å². The normalized spacial score (nSPS) is 11.1. The molecule has 29 heavy (non-hydrogen) atoms. The van der Waals surface area contributed by atoms with E-state index in [1.54, 1.807) is 24.3 Å². The highest BCUT2D eigenvalue weighted by Gasteiger charge is 2.15. The van der Waals surface area contributed by atoms with Crippen LogP contribution in [0.1, 0.15) is 40.5 Å². The molecule has 0 aliphatic heterocycles. The highest BCUT2D eigenvalue weighted by atomic mass is 32.2. The van der Waals surface area contributed by atoms with Crippen LogP contribution in [0.25, 0.3) is 0 Å². The Morgan fingerprint density at radius 3 is 2.14 bits per heavy atom. The molecular weight excluding hydrogens is 394 g/mol. The molecule has 0 saturated heterocycles. The lowest BCUT2D eigenvalue weighted by molar-refractivity contribution is 0.0499. The van der Waals surface area contributed by atoms with Gasteiger partial charge in [0.15, 0.2) is 9.84 Å². The summed E-state index contributed by atoms with van der Waals surface area (Å²) in [6.45, 7) is 2.50. The third-order valence-corrected chi connectivity index (χ3v) is 5.84.